The van der Waals surface area contributed by atoms with E-state index in [9.17, 15) is 0 Å². The van der Waals surface area contributed by atoms with Crippen LogP contribution in [0.4, 0.5) is 11.8 Å². The molecule has 19 heavy (non-hydrogen) atoms. The summed E-state index contributed by atoms with van der Waals surface area (Å²) in [6, 6.07) is 9.81. The second kappa shape index (κ2) is 6.55. The average molecular weight is 259 g/mol. The molecule has 0 unspecified atom stereocenters. The first-order chi connectivity index (χ1) is 9.31. The van der Waals surface area contributed by atoms with Gasteiger partial charge in [0.2, 0.25) is 5.95 Å². The van der Waals surface area contributed by atoms with Crippen LogP contribution < -0.4 is 21.3 Å². The van der Waals surface area contributed by atoms with Gasteiger partial charge >= 0.3 is 0 Å². The van der Waals surface area contributed by atoms with Crippen molar-refractivity contribution in [2.45, 2.75) is 6.42 Å². The van der Waals surface area contributed by atoms with Crippen molar-refractivity contribution in [3.63, 3.8) is 0 Å². The number of rotatable bonds is 6. The van der Waals surface area contributed by atoms with Crippen molar-refractivity contribution in [1.82, 2.24) is 9.97 Å². The molecule has 6 heteroatoms. The maximum atomic E-state index is 5.25. The number of aromatic nitrogens is 2. The van der Waals surface area contributed by atoms with Gasteiger partial charge in [0.25, 0.3) is 0 Å². The highest BCUT2D eigenvalue weighted by molar-refractivity contribution is 5.39. The number of hydrazine groups is 1. The Kier molecular flexibility index (Phi) is 4.52. The lowest BCUT2D eigenvalue weighted by atomic mass is 10.1. The SMILES string of the molecule is COc1ccc(CCNc2ccnc(NN)n2)cc1. The Hall–Kier alpha value is -2.34. The van der Waals surface area contributed by atoms with Crippen LogP contribution in [0.15, 0.2) is 36.5 Å². The van der Waals surface area contributed by atoms with Gasteiger partial charge in [-0.05, 0) is 30.2 Å². The van der Waals surface area contributed by atoms with E-state index in [1.807, 2.05) is 24.3 Å². The Bertz CT molecular complexity index is 515. The molecule has 1 aromatic heterocycles. The number of nitrogens with zero attached hydrogens (tertiary/aromatic N) is 2. The Morgan fingerprint density at radius 2 is 2.00 bits per heavy atom. The fraction of sp³-hybridized carbons (Fsp3) is 0.231. The minimum absolute atomic E-state index is 0.398. The average Bonchev–Trinajstić information content (AvgIpc) is 2.48. The van der Waals surface area contributed by atoms with Gasteiger partial charge in [0.1, 0.15) is 11.6 Å². The largest absolute Gasteiger partial charge is 0.497 e. The zero-order valence-electron chi connectivity index (χ0n) is 10.8. The molecule has 0 aliphatic rings. The molecular weight excluding hydrogens is 242 g/mol. The predicted molar refractivity (Wildman–Crippen MR) is 75.0 cm³/mol. The van der Waals surface area contributed by atoms with Crippen molar-refractivity contribution in [3.8, 4) is 5.75 Å². The van der Waals surface area contributed by atoms with E-state index in [0.717, 1.165) is 24.5 Å². The smallest absolute Gasteiger partial charge is 0.239 e. The summed E-state index contributed by atoms with van der Waals surface area (Å²) in [7, 11) is 1.66. The van der Waals surface area contributed by atoms with E-state index >= 15 is 0 Å². The van der Waals surface area contributed by atoms with Crippen LogP contribution >= 0.6 is 0 Å². The number of nitrogens with two attached hydrogens (primary N) is 1. The summed E-state index contributed by atoms with van der Waals surface area (Å²) in [5.74, 6) is 7.26. The summed E-state index contributed by atoms with van der Waals surface area (Å²) in [6.45, 7) is 0.785. The number of hydrogen-bond donors (Lipinski definition) is 3. The first-order valence-corrected chi connectivity index (χ1v) is 5.98. The maximum Gasteiger partial charge on any atom is 0.239 e. The number of ether oxygens (including phenoxy) is 1. The number of anilines is 2. The number of nitrogen functional groups attached to an aromatic ring is 1. The Morgan fingerprint density at radius 1 is 1.21 bits per heavy atom. The highest BCUT2D eigenvalue weighted by Crippen LogP contribution is 2.12. The van der Waals surface area contributed by atoms with Crippen LogP contribution in [-0.4, -0.2) is 23.6 Å². The monoisotopic (exact) mass is 259 g/mol. The summed E-state index contributed by atoms with van der Waals surface area (Å²) in [6.07, 6.45) is 2.55. The third-order valence-electron chi connectivity index (χ3n) is 2.66. The number of hydrogen-bond acceptors (Lipinski definition) is 6. The minimum Gasteiger partial charge on any atom is -0.497 e. The molecular formula is C13H17N5O. The molecule has 0 saturated carbocycles. The molecule has 2 rings (SSSR count). The molecule has 1 aromatic carbocycles. The summed E-state index contributed by atoms with van der Waals surface area (Å²) in [5, 5.41) is 3.22. The van der Waals surface area contributed by atoms with Gasteiger partial charge in [0, 0.05) is 12.7 Å². The Labute approximate surface area is 112 Å². The zero-order chi connectivity index (χ0) is 13.5. The van der Waals surface area contributed by atoms with E-state index in [0.29, 0.717) is 5.95 Å². The van der Waals surface area contributed by atoms with Crippen LogP contribution in [-0.2, 0) is 6.42 Å². The molecule has 6 nitrogen and oxygen atoms in total. The molecule has 2 aromatic rings. The summed E-state index contributed by atoms with van der Waals surface area (Å²) in [4.78, 5) is 8.11. The molecule has 0 aliphatic heterocycles. The third-order valence-corrected chi connectivity index (χ3v) is 2.66. The third kappa shape index (κ3) is 3.82. The van der Waals surface area contributed by atoms with Gasteiger partial charge in [0.15, 0.2) is 0 Å². The van der Waals surface area contributed by atoms with Crippen molar-refractivity contribution in [2.24, 2.45) is 5.84 Å². The fourth-order valence-corrected chi connectivity index (χ4v) is 1.65. The van der Waals surface area contributed by atoms with Crippen molar-refractivity contribution in [1.29, 1.82) is 0 Å². The number of methoxy groups -OCH3 is 1. The Morgan fingerprint density at radius 3 is 2.68 bits per heavy atom. The van der Waals surface area contributed by atoms with E-state index in [-0.39, 0.29) is 0 Å². The van der Waals surface area contributed by atoms with Gasteiger partial charge in [-0.3, -0.25) is 5.43 Å². The van der Waals surface area contributed by atoms with Crippen molar-refractivity contribution in [3.05, 3.63) is 42.1 Å². The summed E-state index contributed by atoms with van der Waals surface area (Å²) in [5.41, 5.74) is 3.65. The van der Waals surface area contributed by atoms with Crippen LogP contribution in [0.3, 0.4) is 0 Å². The molecule has 0 bridgehead atoms. The fourth-order valence-electron chi connectivity index (χ4n) is 1.65. The molecule has 0 atom stereocenters. The zero-order valence-corrected chi connectivity index (χ0v) is 10.8. The van der Waals surface area contributed by atoms with Gasteiger partial charge in [-0.15, -0.1) is 0 Å². The molecule has 0 aliphatic carbocycles. The van der Waals surface area contributed by atoms with Crippen LogP contribution in [0, 0.1) is 0 Å². The van der Waals surface area contributed by atoms with E-state index in [1.165, 1.54) is 5.56 Å². The molecule has 4 N–H and O–H groups in total. The molecule has 1 heterocycles. The molecule has 0 spiro atoms. The first kappa shape index (κ1) is 13.1. The van der Waals surface area contributed by atoms with Crippen LogP contribution in [0.5, 0.6) is 5.75 Å². The van der Waals surface area contributed by atoms with Gasteiger partial charge in [-0.2, -0.15) is 4.98 Å². The molecule has 100 valence electrons. The second-order valence-corrected chi connectivity index (χ2v) is 3.93. The molecule has 0 saturated heterocycles. The standard InChI is InChI=1S/C13H17N5O/c1-19-11-4-2-10(3-5-11)6-8-15-12-7-9-16-13(17-12)18-14/h2-5,7,9H,6,8,14H2,1H3,(H2,15,16,17,18). The van der Waals surface area contributed by atoms with Gasteiger partial charge in [0.05, 0.1) is 7.11 Å². The van der Waals surface area contributed by atoms with Crippen molar-refractivity contribution in [2.75, 3.05) is 24.4 Å². The number of nitrogens with one attached hydrogen (secondary N) is 2. The quantitative estimate of drug-likeness (QED) is 0.537. The summed E-state index contributed by atoms with van der Waals surface area (Å²) >= 11 is 0. The Balaban J connectivity index is 1.85. The van der Waals surface area contributed by atoms with Gasteiger partial charge in [-0.1, -0.05) is 12.1 Å². The number of benzene rings is 1. The van der Waals surface area contributed by atoms with Gasteiger partial charge < -0.3 is 10.1 Å². The van der Waals surface area contributed by atoms with E-state index in [2.05, 4.69) is 20.7 Å². The highest BCUT2D eigenvalue weighted by atomic mass is 16.5. The molecule has 0 amide bonds. The van der Waals surface area contributed by atoms with Gasteiger partial charge in [-0.25, -0.2) is 10.8 Å². The summed E-state index contributed by atoms with van der Waals surface area (Å²) < 4.78 is 5.12. The topological polar surface area (TPSA) is 85.1 Å². The van der Waals surface area contributed by atoms with Crippen LogP contribution in [0.25, 0.3) is 0 Å². The predicted octanol–water partition coefficient (Wildman–Crippen LogP) is 1.43. The highest BCUT2D eigenvalue weighted by Gasteiger charge is 1.98. The van der Waals surface area contributed by atoms with Crippen molar-refractivity contribution < 1.29 is 4.74 Å². The van der Waals surface area contributed by atoms with E-state index in [4.69, 9.17) is 10.6 Å². The lowest BCUT2D eigenvalue weighted by molar-refractivity contribution is 0.414. The lowest BCUT2D eigenvalue weighted by Crippen LogP contribution is -2.12. The molecule has 0 radical (unpaired) electrons. The molecule has 0 fully saturated rings. The first-order valence-electron chi connectivity index (χ1n) is 5.98. The second-order valence-electron chi connectivity index (χ2n) is 3.93. The maximum absolute atomic E-state index is 5.25. The van der Waals surface area contributed by atoms with Crippen molar-refractivity contribution >= 4 is 11.8 Å². The van der Waals surface area contributed by atoms with Crippen LogP contribution in [0.1, 0.15) is 5.56 Å². The normalized spacial score (nSPS) is 10.0. The minimum atomic E-state index is 0.398. The van der Waals surface area contributed by atoms with E-state index < -0.39 is 0 Å². The lowest BCUT2D eigenvalue weighted by Gasteiger charge is -2.07. The van der Waals surface area contributed by atoms with Crippen LogP contribution in [0.2, 0.25) is 0 Å². The van der Waals surface area contributed by atoms with E-state index in [1.54, 1.807) is 19.4 Å².